The first-order chi connectivity index (χ1) is 7.14. The fourth-order valence-corrected chi connectivity index (χ4v) is 2.59. The third-order valence-electron chi connectivity index (χ3n) is 1.96. The van der Waals surface area contributed by atoms with E-state index in [9.17, 15) is 8.42 Å². The molecule has 0 bridgehead atoms. The molecule has 0 aromatic heterocycles. The normalized spacial score (nSPS) is 22.9. The molecule has 90 valence electrons. The topological polar surface area (TPSA) is 64.6 Å². The number of hydrogen-bond donors (Lipinski definition) is 1. The van der Waals surface area contributed by atoms with Gasteiger partial charge in [0.1, 0.15) is 0 Å². The molecular formula is C8H16ClNO4S. The molecular weight excluding hydrogens is 242 g/mol. The third-order valence-corrected chi connectivity index (χ3v) is 3.66. The molecule has 0 saturated carbocycles. The lowest BCUT2D eigenvalue weighted by Crippen LogP contribution is -2.40. The number of hydrogen-bond acceptors (Lipinski definition) is 4. The minimum Gasteiger partial charge on any atom is -0.376 e. The standard InChI is InChI=1S/C8H16ClNO4S/c9-2-1-5-15(11,12)10-6-8-7-13-3-4-14-8/h8,10H,1-7H2. The van der Waals surface area contributed by atoms with Crippen molar-refractivity contribution in [1.29, 1.82) is 0 Å². The Kier molecular flexibility index (Phi) is 5.84. The van der Waals surface area contributed by atoms with E-state index in [-0.39, 0.29) is 18.4 Å². The number of nitrogens with one attached hydrogen (secondary N) is 1. The molecule has 1 heterocycles. The van der Waals surface area contributed by atoms with Crippen LogP contribution in [0.3, 0.4) is 0 Å². The van der Waals surface area contributed by atoms with Crippen molar-refractivity contribution in [2.45, 2.75) is 12.5 Å². The maximum atomic E-state index is 11.4. The third kappa shape index (κ3) is 5.67. The van der Waals surface area contributed by atoms with E-state index in [0.29, 0.717) is 32.1 Å². The van der Waals surface area contributed by atoms with Crippen molar-refractivity contribution in [3.8, 4) is 0 Å². The molecule has 1 rings (SSSR count). The zero-order chi connectivity index (χ0) is 11.1. The van der Waals surface area contributed by atoms with Gasteiger partial charge in [-0.05, 0) is 6.42 Å². The number of halogens is 1. The molecule has 1 N–H and O–H groups in total. The van der Waals surface area contributed by atoms with E-state index in [1.165, 1.54) is 0 Å². The molecule has 0 aromatic carbocycles. The van der Waals surface area contributed by atoms with Crippen LogP contribution in [0.15, 0.2) is 0 Å². The summed E-state index contributed by atoms with van der Waals surface area (Å²) in [7, 11) is -3.21. The summed E-state index contributed by atoms with van der Waals surface area (Å²) in [6.07, 6.45) is 0.281. The summed E-state index contributed by atoms with van der Waals surface area (Å²) >= 11 is 5.42. The second-order valence-electron chi connectivity index (χ2n) is 3.28. The van der Waals surface area contributed by atoms with E-state index in [2.05, 4.69) is 4.72 Å². The summed E-state index contributed by atoms with van der Waals surface area (Å²) in [4.78, 5) is 0. The van der Waals surface area contributed by atoms with Gasteiger partial charge in [-0.3, -0.25) is 0 Å². The first-order valence-electron chi connectivity index (χ1n) is 4.87. The van der Waals surface area contributed by atoms with Crippen LogP contribution in [0.5, 0.6) is 0 Å². The highest BCUT2D eigenvalue weighted by Crippen LogP contribution is 2.00. The molecule has 0 amide bonds. The van der Waals surface area contributed by atoms with E-state index in [0.717, 1.165) is 0 Å². The highest BCUT2D eigenvalue weighted by Gasteiger charge is 2.17. The fourth-order valence-electron chi connectivity index (χ4n) is 1.19. The lowest BCUT2D eigenvalue weighted by atomic mass is 10.3. The minimum atomic E-state index is -3.21. The molecule has 1 unspecified atom stereocenters. The molecule has 5 nitrogen and oxygen atoms in total. The SMILES string of the molecule is O=S(=O)(CCCCl)NCC1COCCO1. The number of ether oxygens (including phenoxy) is 2. The Bertz CT molecular complexity index is 264. The van der Waals surface area contributed by atoms with Crippen LogP contribution in [0.4, 0.5) is 0 Å². The number of sulfonamides is 1. The van der Waals surface area contributed by atoms with Gasteiger partial charge in [0, 0.05) is 12.4 Å². The molecule has 1 atom stereocenters. The van der Waals surface area contributed by atoms with Crippen molar-refractivity contribution in [2.75, 3.05) is 38.0 Å². The van der Waals surface area contributed by atoms with Gasteiger partial charge in [0.15, 0.2) is 0 Å². The van der Waals surface area contributed by atoms with E-state index in [1.807, 2.05) is 0 Å². The Labute approximate surface area is 95.1 Å². The van der Waals surface area contributed by atoms with Gasteiger partial charge >= 0.3 is 0 Å². The lowest BCUT2D eigenvalue weighted by molar-refractivity contribution is -0.0846. The average Bonchev–Trinajstić information content (AvgIpc) is 2.25. The van der Waals surface area contributed by atoms with E-state index in [4.69, 9.17) is 21.1 Å². The molecule has 0 aromatic rings. The van der Waals surface area contributed by atoms with Gasteiger partial charge in [-0.1, -0.05) is 0 Å². The van der Waals surface area contributed by atoms with Crippen molar-refractivity contribution in [2.24, 2.45) is 0 Å². The highest BCUT2D eigenvalue weighted by atomic mass is 35.5. The van der Waals surface area contributed by atoms with Crippen LogP contribution in [0.1, 0.15) is 6.42 Å². The molecule has 1 aliphatic heterocycles. The van der Waals surface area contributed by atoms with Crippen LogP contribution in [0, 0.1) is 0 Å². The Morgan fingerprint density at radius 2 is 2.20 bits per heavy atom. The van der Waals surface area contributed by atoms with Gasteiger partial charge < -0.3 is 9.47 Å². The zero-order valence-corrected chi connectivity index (χ0v) is 10.0. The van der Waals surface area contributed by atoms with E-state index < -0.39 is 10.0 Å². The summed E-state index contributed by atoms with van der Waals surface area (Å²) in [5.41, 5.74) is 0. The number of rotatable bonds is 6. The van der Waals surface area contributed by atoms with Crippen molar-refractivity contribution in [3.63, 3.8) is 0 Å². The maximum Gasteiger partial charge on any atom is 0.211 e. The van der Waals surface area contributed by atoms with Crippen molar-refractivity contribution >= 4 is 21.6 Å². The second-order valence-corrected chi connectivity index (χ2v) is 5.58. The molecule has 7 heteroatoms. The van der Waals surface area contributed by atoms with Crippen LogP contribution >= 0.6 is 11.6 Å². The first kappa shape index (κ1) is 13.2. The summed E-state index contributed by atoms with van der Waals surface area (Å²) in [6, 6.07) is 0. The van der Waals surface area contributed by atoms with E-state index in [1.54, 1.807) is 0 Å². The highest BCUT2D eigenvalue weighted by molar-refractivity contribution is 7.89. The summed E-state index contributed by atoms with van der Waals surface area (Å²) in [5, 5.41) is 0. The molecule has 1 fully saturated rings. The predicted octanol–water partition coefficient (Wildman–Crippen LogP) is -0.0499. The van der Waals surface area contributed by atoms with E-state index >= 15 is 0 Å². The van der Waals surface area contributed by atoms with Crippen molar-refractivity contribution < 1.29 is 17.9 Å². The van der Waals surface area contributed by atoms with Crippen molar-refractivity contribution in [3.05, 3.63) is 0 Å². The predicted molar refractivity (Wildman–Crippen MR) is 57.7 cm³/mol. The van der Waals surface area contributed by atoms with Crippen LogP contribution in [0.25, 0.3) is 0 Å². The summed E-state index contributed by atoms with van der Waals surface area (Å²) in [5.74, 6) is 0.411. The molecule has 0 radical (unpaired) electrons. The Morgan fingerprint density at radius 3 is 2.80 bits per heavy atom. The summed E-state index contributed by atoms with van der Waals surface area (Å²) < 4.78 is 35.7. The average molecular weight is 258 g/mol. The Hall–Kier alpha value is 0.120. The van der Waals surface area contributed by atoms with Crippen LogP contribution in [0.2, 0.25) is 0 Å². The van der Waals surface area contributed by atoms with Gasteiger partial charge in [0.25, 0.3) is 0 Å². The largest absolute Gasteiger partial charge is 0.376 e. The van der Waals surface area contributed by atoms with Crippen LogP contribution in [-0.2, 0) is 19.5 Å². The van der Waals surface area contributed by atoms with Crippen LogP contribution in [-0.4, -0.2) is 52.5 Å². The zero-order valence-electron chi connectivity index (χ0n) is 8.45. The van der Waals surface area contributed by atoms with Gasteiger partial charge in [-0.2, -0.15) is 0 Å². The molecule has 1 aliphatic rings. The molecule has 1 saturated heterocycles. The van der Waals surface area contributed by atoms with Crippen molar-refractivity contribution in [1.82, 2.24) is 4.72 Å². The quantitative estimate of drug-likeness (QED) is 0.678. The second kappa shape index (κ2) is 6.65. The maximum absolute atomic E-state index is 11.4. The number of alkyl halides is 1. The smallest absolute Gasteiger partial charge is 0.211 e. The minimum absolute atomic E-state index is 0.0596. The van der Waals surface area contributed by atoms with Gasteiger partial charge in [0.05, 0.1) is 31.7 Å². The first-order valence-corrected chi connectivity index (χ1v) is 7.05. The lowest BCUT2D eigenvalue weighted by Gasteiger charge is -2.22. The molecule has 15 heavy (non-hydrogen) atoms. The van der Waals surface area contributed by atoms with Gasteiger partial charge in [-0.15, -0.1) is 11.6 Å². The summed E-state index contributed by atoms with van der Waals surface area (Å²) in [6.45, 7) is 1.81. The Balaban J connectivity index is 2.22. The van der Waals surface area contributed by atoms with Crippen LogP contribution < -0.4 is 4.72 Å². The molecule has 0 aliphatic carbocycles. The fraction of sp³-hybridized carbons (Fsp3) is 1.00. The molecule has 0 spiro atoms. The Morgan fingerprint density at radius 1 is 1.40 bits per heavy atom. The monoisotopic (exact) mass is 257 g/mol. The van der Waals surface area contributed by atoms with Gasteiger partial charge in [0.2, 0.25) is 10.0 Å². The van der Waals surface area contributed by atoms with Gasteiger partial charge in [-0.25, -0.2) is 13.1 Å².